The standard InChI is InChI=1S/C18H16F3N3OS/c1-3-12-4-6-13(7-5-12)16(25)11(2)26-17-23-22-15-9-8-14(10-24(15)17)18(19,20)21/h4-11H,3H2,1-2H3. The van der Waals surface area contributed by atoms with Crippen LogP contribution >= 0.6 is 11.8 Å². The Hall–Kier alpha value is -2.35. The fraction of sp³-hybridized carbons (Fsp3) is 0.278. The highest BCUT2D eigenvalue weighted by Crippen LogP contribution is 2.31. The molecular weight excluding hydrogens is 363 g/mol. The van der Waals surface area contributed by atoms with E-state index >= 15 is 0 Å². The van der Waals surface area contributed by atoms with Crippen molar-refractivity contribution >= 4 is 23.2 Å². The number of aryl methyl sites for hydroxylation is 1. The van der Waals surface area contributed by atoms with E-state index < -0.39 is 17.0 Å². The second-order valence-electron chi connectivity index (χ2n) is 5.80. The summed E-state index contributed by atoms with van der Waals surface area (Å²) >= 11 is 1.08. The van der Waals surface area contributed by atoms with E-state index in [0.717, 1.165) is 36.0 Å². The Bertz CT molecular complexity index is 935. The third-order valence-corrected chi connectivity index (χ3v) is 5.05. The number of carbonyl (C=O) groups is 1. The van der Waals surface area contributed by atoms with Gasteiger partial charge in [0.15, 0.2) is 16.6 Å². The largest absolute Gasteiger partial charge is 0.417 e. The van der Waals surface area contributed by atoms with Gasteiger partial charge < -0.3 is 0 Å². The van der Waals surface area contributed by atoms with Crippen LogP contribution in [0.3, 0.4) is 0 Å². The molecule has 136 valence electrons. The summed E-state index contributed by atoms with van der Waals surface area (Å²) in [7, 11) is 0. The van der Waals surface area contributed by atoms with Crippen LogP contribution in [0.15, 0.2) is 47.8 Å². The minimum Gasteiger partial charge on any atom is -0.293 e. The van der Waals surface area contributed by atoms with Gasteiger partial charge in [0.25, 0.3) is 0 Å². The first-order valence-corrected chi connectivity index (χ1v) is 8.89. The van der Waals surface area contributed by atoms with Gasteiger partial charge in [-0.3, -0.25) is 9.20 Å². The summed E-state index contributed by atoms with van der Waals surface area (Å²) in [4.78, 5) is 12.6. The molecule has 3 rings (SSSR count). The van der Waals surface area contributed by atoms with Crippen molar-refractivity contribution in [1.29, 1.82) is 0 Å². The van der Waals surface area contributed by atoms with E-state index in [9.17, 15) is 18.0 Å². The average molecular weight is 379 g/mol. The Morgan fingerprint density at radius 3 is 2.46 bits per heavy atom. The van der Waals surface area contributed by atoms with Gasteiger partial charge in [0.05, 0.1) is 10.8 Å². The molecule has 8 heteroatoms. The number of pyridine rings is 1. The number of benzene rings is 1. The summed E-state index contributed by atoms with van der Waals surface area (Å²) in [6, 6.07) is 9.54. The van der Waals surface area contributed by atoms with E-state index in [0.29, 0.717) is 11.2 Å². The Balaban J connectivity index is 1.84. The average Bonchev–Trinajstić information content (AvgIpc) is 3.02. The number of ketones is 1. The van der Waals surface area contributed by atoms with Crippen LogP contribution in [-0.4, -0.2) is 25.6 Å². The molecule has 26 heavy (non-hydrogen) atoms. The monoisotopic (exact) mass is 379 g/mol. The summed E-state index contributed by atoms with van der Waals surface area (Å²) in [6.45, 7) is 3.73. The number of halogens is 3. The van der Waals surface area contributed by atoms with Gasteiger partial charge in [-0.05, 0) is 31.0 Å². The lowest BCUT2D eigenvalue weighted by Gasteiger charge is -2.10. The first-order chi connectivity index (χ1) is 12.3. The normalized spacial score (nSPS) is 13.1. The second-order valence-corrected chi connectivity index (χ2v) is 7.11. The molecule has 0 aliphatic carbocycles. The molecular formula is C18H16F3N3OS. The molecule has 0 aliphatic heterocycles. The topological polar surface area (TPSA) is 47.3 Å². The van der Waals surface area contributed by atoms with Crippen molar-refractivity contribution in [1.82, 2.24) is 14.6 Å². The molecule has 0 saturated heterocycles. The zero-order valence-electron chi connectivity index (χ0n) is 14.1. The molecule has 3 aromatic rings. The van der Waals surface area contributed by atoms with Crippen molar-refractivity contribution in [2.45, 2.75) is 36.9 Å². The number of fused-ring (bicyclic) bond motifs is 1. The highest BCUT2D eigenvalue weighted by molar-refractivity contribution is 8.00. The van der Waals surface area contributed by atoms with Crippen LogP contribution in [0.25, 0.3) is 5.65 Å². The minimum atomic E-state index is -4.46. The predicted octanol–water partition coefficient (Wildman–Crippen LogP) is 4.67. The van der Waals surface area contributed by atoms with Crippen LogP contribution < -0.4 is 0 Å². The molecule has 0 fully saturated rings. The number of Topliss-reactive ketones (excluding diaryl/α,β-unsaturated/α-hetero) is 1. The van der Waals surface area contributed by atoms with Crippen molar-refractivity contribution < 1.29 is 18.0 Å². The van der Waals surface area contributed by atoms with Gasteiger partial charge in [0, 0.05) is 11.8 Å². The Labute approximate surface area is 152 Å². The van der Waals surface area contributed by atoms with Crippen LogP contribution in [0.5, 0.6) is 0 Å². The molecule has 1 aromatic carbocycles. The minimum absolute atomic E-state index is 0.110. The highest BCUT2D eigenvalue weighted by Gasteiger charge is 2.31. The van der Waals surface area contributed by atoms with E-state index in [4.69, 9.17) is 0 Å². The van der Waals surface area contributed by atoms with Crippen molar-refractivity contribution in [2.75, 3.05) is 0 Å². The summed E-state index contributed by atoms with van der Waals surface area (Å²) in [6.07, 6.45) is -2.63. The van der Waals surface area contributed by atoms with Crippen molar-refractivity contribution in [3.05, 3.63) is 59.3 Å². The summed E-state index contributed by atoms with van der Waals surface area (Å²) in [5.74, 6) is -0.110. The molecule has 0 radical (unpaired) electrons. The Kier molecular flexibility index (Phi) is 5.04. The lowest BCUT2D eigenvalue weighted by Crippen LogP contribution is -2.14. The quantitative estimate of drug-likeness (QED) is 0.477. The zero-order chi connectivity index (χ0) is 18.9. The van der Waals surface area contributed by atoms with Gasteiger partial charge >= 0.3 is 6.18 Å². The molecule has 0 bridgehead atoms. The highest BCUT2D eigenvalue weighted by atomic mass is 32.2. The molecule has 0 spiro atoms. The van der Waals surface area contributed by atoms with E-state index in [-0.39, 0.29) is 10.9 Å². The summed E-state index contributed by atoms with van der Waals surface area (Å²) in [5, 5.41) is 7.52. The van der Waals surface area contributed by atoms with Crippen LogP contribution in [0.1, 0.15) is 35.3 Å². The number of hydrogen-bond donors (Lipinski definition) is 0. The lowest BCUT2D eigenvalue weighted by molar-refractivity contribution is -0.137. The number of thioether (sulfide) groups is 1. The maximum absolute atomic E-state index is 12.9. The first-order valence-electron chi connectivity index (χ1n) is 8.01. The van der Waals surface area contributed by atoms with Crippen molar-refractivity contribution in [3.8, 4) is 0 Å². The van der Waals surface area contributed by atoms with Gasteiger partial charge in [0.2, 0.25) is 0 Å². The van der Waals surface area contributed by atoms with Gasteiger partial charge in [-0.15, -0.1) is 10.2 Å². The molecule has 0 aliphatic rings. The van der Waals surface area contributed by atoms with E-state index in [1.165, 1.54) is 10.5 Å². The van der Waals surface area contributed by atoms with E-state index in [1.54, 1.807) is 19.1 Å². The third kappa shape index (κ3) is 3.75. The lowest BCUT2D eigenvalue weighted by atomic mass is 10.1. The number of nitrogens with zero attached hydrogens (tertiary/aromatic N) is 3. The van der Waals surface area contributed by atoms with Crippen molar-refractivity contribution in [3.63, 3.8) is 0 Å². The number of carbonyl (C=O) groups excluding carboxylic acids is 1. The van der Waals surface area contributed by atoms with Crippen LogP contribution in [0, 0.1) is 0 Å². The molecule has 0 N–H and O–H groups in total. The Morgan fingerprint density at radius 1 is 1.15 bits per heavy atom. The Morgan fingerprint density at radius 2 is 1.85 bits per heavy atom. The predicted molar refractivity (Wildman–Crippen MR) is 93.5 cm³/mol. The fourth-order valence-electron chi connectivity index (χ4n) is 2.47. The fourth-order valence-corrected chi connectivity index (χ4v) is 3.38. The van der Waals surface area contributed by atoms with Crippen molar-refractivity contribution in [2.24, 2.45) is 0 Å². The summed E-state index contributed by atoms with van der Waals surface area (Å²) in [5.41, 5.74) is 1.20. The number of hydrogen-bond acceptors (Lipinski definition) is 4. The molecule has 0 saturated carbocycles. The van der Waals surface area contributed by atoms with Gasteiger partial charge in [-0.2, -0.15) is 13.2 Å². The molecule has 1 atom stereocenters. The SMILES string of the molecule is CCc1ccc(C(=O)C(C)Sc2nnc3ccc(C(F)(F)F)cn23)cc1. The molecule has 2 heterocycles. The molecule has 0 amide bonds. The van der Waals surface area contributed by atoms with E-state index in [2.05, 4.69) is 10.2 Å². The summed E-state index contributed by atoms with van der Waals surface area (Å²) < 4.78 is 40.0. The van der Waals surface area contributed by atoms with Crippen LogP contribution in [0.4, 0.5) is 13.2 Å². The van der Waals surface area contributed by atoms with E-state index in [1.807, 2.05) is 19.1 Å². The molecule has 4 nitrogen and oxygen atoms in total. The van der Waals surface area contributed by atoms with Gasteiger partial charge in [0.1, 0.15) is 0 Å². The second kappa shape index (κ2) is 7.11. The van der Waals surface area contributed by atoms with Crippen LogP contribution in [0.2, 0.25) is 0 Å². The first kappa shape index (κ1) is 18.4. The smallest absolute Gasteiger partial charge is 0.293 e. The van der Waals surface area contributed by atoms with Crippen LogP contribution in [-0.2, 0) is 12.6 Å². The van der Waals surface area contributed by atoms with Gasteiger partial charge in [-0.1, -0.05) is 43.0 Å². The van der Waals surface area contributed by atoms with Gasteiger partial charge in [-0.25, -0.2) is 0 Å². The third-order valence-electron chi connectivity index (χ3n) is 4.00. The number of aromatic nitrogens is 3. The maximum Gasteiger partial charge on any atom is 0.417 e. The molecule has 2 aromatic heterocycles. The number of rotatable bonds is 5. The zero-order valence-corrected chi connectivity index (χ0v) is 14.9. The molecule has 1 unspecified atom stereocenters. The number of alkyl halides is 3. The maximum atomic E-state index is 12.9.